The Morgan fingerprint density at radius 3 is 2.59 bits per heavy atom. The Kier molecular flexibility index (Phi) is 7.47. The van der Waals surface area contributed by atoms with Crippen molar-refractivity contribution in [3.63, 3.8) is 0 Å². The van der Waals surface area contributed by atoms with Crippen molar-refractivity contribution in [2.75, 3.05) is 19.7 Å². The van der Waals surface area contributed by atoms with Crippen molar-refractivity contribution in [2.24, 2.45) is 0 Å². The summed E-state index contributed by atoms with van der Waals surface area (Å²) in [5.74, 6) is 0.747. The first-order valence-electron chi connectivity index (χ1n) is 10.9. The summed E-state index contributed by atoms with van der Waals surface area (Å²) < 4.78 is 35.5. The fraction of sp³-hybridized carbons (Fsp3) is 0.435. The number of halogens is 1. The van der Waals surface area contributed by atoms with Gasteiger partial charge in [-0.3, -0.25) is 0 Å². The summed E-state index contributed by atoms with van der Waals surface area (Å²) in [5, 5.41) is 1.58. The van der Waals surface area contributed by atoms with Crippen LogP contribution in [0.5, 0.6) is 0 Å². The smallest absolute Gasteiger partial charge is 0.243 e. The number of rotatable bonds is 9. The maximum Gasteiger partial charge on any atom is 0.243 e. The van der Waals surface area contributed by atoms with Crippen LogP contribution in [0.15, 0.2) is 52.5 Å². The minimum Gasteiger partial charge on any atom is -0.376 e. The minimum absolute atomic E-state index is 0.154. The number of aromatic nitrogens is 2. The average Bonchev–Trinajstić information content (AvgIpc) is 3.42. The SMILES string of the molecule is CCN(CC)S(=O)(=O)c1ccc2c(c1)nc(SCc1ccc(Cl)cc1)n2C[C@H]1CCCO1. The molecule has 1 aliphatic heterocycles. The van der Waals surface area contributed by atoms with E-state index in [2.05, 4.69) is 4.57 Å². The molecule has 0 saturated carbocycles. The normalized spacial score (nSPS) is 16.9. The second-order valence-electron chi connectivity index (χ2n) is 7.80. The summed E-state index contributed by atoms with van der Waals surface area (Å²) in [7, 11) is -3.54. The van der Waals surface area contributed by atoms with Gasteiger partial charge in [-0.05, 0) is 48.7 Å². The van der Waals surface area contributed by atoms with Crippen LogP contribution in [0.2, 0.25) is 5.02 Å². The summed E-state index contributed by atoms with van der Waals surface area (Å²) >= 11 is 7.64. The number of ether oxygens (including phenoxy) is 1. The highest BCUT2D eigenvalue weighted by molar-refractivity contribution is 7.98. The average molecular weight is 494 g/mol. The zero-order valence-electron chi connectivity index (χ0n) is 18.3. The lowest BCUT2D eigenvalue weighted by atomic mass is 10.2. The molecule has 2 heterocycles. The van der Waals surface area contributed by atoms with Crippen LogP contribution in [0.1, 0.15) is 32.3 Å². The van der Waals surface area contributed by atoms with E-state index in [4.69, 9.17) is 21.3 Å². The highest BCUT2D eigenvalue weighted by Crippen LogP contribution is 2.31. The molecule has 6 nitrogen and oxygen atoms in total. The van der Waals surface area contributed by atoms with Gasteiger partial charge in [-0.15, -0.1) is 0 Å². The molecule has 0 radical (unpaired) electrons. The highest BCUT2D eigenvalue weighted by atomic mass is 35.5. The second-order valence-corrected chi connectivity index (χ2v) is 11.1. The van der Waals surface area contributed by atoms with Gasteiger partial charge in [0.15, 0.2) is 5.16 Å². The van der Waals surface area contributed by atoms with Crippen LogP contribution < -0.4 is 0 Å². The van der Waals surface area contributed by atoms with Crippen molar-refractivity contribution in [1.82, 2.24) is 13.9 Å². The van der Waals surface area contributed by atoms with Crippen molar-refractivity contribution in [3.8, 4) is 0 Å². The molecule has 4 rings (SSSR count). The van der Waals surface area contributed by atoms with Crippen LogP contribution in [-0.2, 0) is 27.1 Å². The Bertz CT molecular complexity index is 1170. The van der Waals surface area contributed by atoms with E-state index >= 15 is 0 Å². The number of sulfonamides is 1. The maximum absolute atomic E-state index is 13.0. The Morgan fingerprint density at radius 2 is 1.94 bits per heavy atom. The molecule has 1 aromatic heterocycles. The first kappa shape index (κ1) is 23.6. The lowest BCUT2D eigenvalue weighted by molar-refractivity contribution is 0.0960. The van der Waals surface area contributed by atoms with Crippen LogP contribution in [-0.4, -0.2) is 48.1 Å². The minimum atomic E-state index is -3.54. The predicted molar refractivity (Wildman–Crippen MR) is 130 cm³/mol. The second kappa shape index (κ2) is 10.1. The maximum atomic E-state index is 13.0. The molecule has 0 unspecified atom stereocenters. The molecule has 0 spiro atoms. The van der Waals surface area contributed by atoms with Crippen LogP contribution in [0.4, 0.5) is 0 Å². The van der Waals surface area contributed by atoms with E-state index in [0.717, 1.165) is 41.4 Å². The number of hydrogen-bond acceptors (Lipinski definition) is 5. The molecule has 0 aliphatic carbocycles. The molecule has 0 amide bonds. The van der Waals surface area contributed by atoms with Gasteiger partial charge in [0.25, 0.3) is 0 Å². The molecule has 1 saturated heterocycles. The molecule has 1 fully saturated rings. The lowest BCUT2D eigenvalue weighted by Gasteiger charge is -2.18. The summed E-state index contributed by atoms with van der Waals surface area (Å²) in [6, 6.07) is 13.1. The molecule has 172 valence electrons. The van der Waals surface area contributed by atoms with Gasteiger partial charge in [-0.1, -0.05) is 49.3 Å². The number of thioether (sulfide) groups is 1. The zero-order valence-corrected chi connectivity index (χ0v) is 20.7. The van der Waals surface area contributed by atoms with Crippen molar-refractivity contribution >= 4 is 44.4 Å². The number of hydrogen-bond donors (Lipinski definition) is 0. The lowest BCUT2D eigenvalue weighted by Crippen LogP contribution is -2.30. The molecule has 1 aliphatic rings. The number of benzene rings is 2. The summed E-state index contributed by atoms with van der Waals surface area (Å²) in [6.07, 6.45) is 2.24. The van der Waals surface area contributed by atoms with Gasteiger partial charge in [0.1, 0.15) is 0 Å². The van der Waals surface area contributed by atoms with E-state index in [-0.39, 0.29) is 11.0 Å². The highest BCUT2D eigenvalue weighted by Gasteiger charge is 2.24. The Hall–Kier alpha value is -1.58. The molecule has 0 N–H and O–H groups in total. The van der Waals surface area contributed by atoms with E-state index in [1.54, 1.807) is 23.9 Å². The van der Waals surface area contributed by atoms with Gasteiger partial charge in [-0.25, -0.2) is 13.4 Å². The third-order valence-corrected chi connectivity index (χ3v) is 9.06. The number of fused-ring (bicyclic) bond motifs is 1. The monoisotopic (exact) mass is 493 g/mol. The van der Waals surface area contributed by atoms with Crippen LogP contribution in [0, 0.1) is 0 Å². The Morgan fingerprint density at radius 1 is 1.19 bits per heavy atom. The van der Waals surface area contributed by atoms with Crippen molar-refractivity contribution in [1.29, 1.82) is 0 Å². The largest absolute Gasteiger partial charge is 0.376 e. The summed E-state index contributed by atoms with van der Waals surface area (Å²) in [4.78, 5) is 5.12. The molecule has 2 aromatic carbocycles. The van der Waals surface area contributed by atoms with Crippen molar-refractivity contribution < 1.29 is 13.2 Å². The third-order valence-electron chi connectivity index (χ3n) is 5.72. The van der Waals surface area contributed by atoms with Crippen molar-refractivity contribution in [2.45, 2.75) is 55.1 Å². The van der Waals surface area contributed by atoms with E-state index in [0.29, 0.717) is 30.2 Å². The van der Waals surface area contributed by atoms with Gasteiger partial charge in [0, 0.05) is 30.5 Å². The Balaban J connectivity index is 1.69. The fourth-order valence-corrected chi connectivity index (χ4v) is 6.55. The fourth-order valence-electron chi connectivity index (χ4n) is 3.97. The van der Waals surface area contributed by atoms with E-state index in [9.17, 15) is 8.42 Å². The van der Waals surface area contributed by atoms with E-state index in [1.807, 2.05) is 44.2 Å². The zero-order chi connectivity index (χ0) is 22.7. The summed E-state index contributed by atoms with van der Waals surface area (Å²) in [6.45, 7) is 6.07. The third kappa shape index (κ3) is 4.99. The van der Waals surface area contributed by atoms with Crippen LogP contribution in [0.25, 0.3) is 11.0 Å². The molecular weight excluding hydrogens is 466 g/mol. The topological polar surface area (TPSA) is 64.4 Å². The molecular formula is C23H28ClN3O3S2. The number of imidazole rings is 1. The first-order valence-corrected chi connectivity index (χ1v) is 13.7. The van der Waals surface area contributed by atoms with E-state index < -0.39 is 10.0 Å². The number of nitrogens with zero attached hydrogens (tertiary/aromatic N) is 3. The predicted octanol–water partition coefficient (Wildman–Crippen LogP) is 5.19. The quantitative estimate of drug-likeness (QED) is 0.384. The first-order chi connectivity index (χ1) is 15.4. The standard InChI is InChI=1S/C23H28ClN3O3S2/c1-3-26(4-2)32(28,29)20-11-12-22-21(14-20)25-23(27(22)15-19-6-5-13-30-19)31-16-17-7-9-18(24)10-8-17/h7-12,14,19H,3-6,13,15-16H2,1-2H3/t19-/m1/s1. The van der Waals surface area contributed by atoms with E-state index in [1.165, 1.54) is 4.31 Å². The van der Waals surface area contributed by atoms with Crippen molar-refractivity contribution in [3.05, 3.63) is 53.1 Å². The summed E-state index contributed by atoms with van der Waals surface area (Å²) in [5.41, 5.74) is 2.77. The van der Waals surface area contributed by atoms with Gasteiger partial charge in [0.2, 0.25) is 10.0 Å². The van der Waals surface area contributed by atoms with Gasteiger partial charge >= 0.3 is 0 Å². The van der Waals surface area contributed by atoms with Crippen LogP contribution >= 0.6 is 23.4 Å². The molecule has 0 bridgehead atoms. The molecule has 32 heavy (non-hydrogen) atoms. The van der Waals surface area contributed by atoms with Gasteiger partial charge in [0.05, 0.1) is 28.6 Å². The molecule has 3 aromatic rings. The molecule has 1 atom stereocenters. The van der Waals surface area contributed by atoms with Gasteiger partial charge in [-0.2, -0.15) is 4.31 Å². The molecule has 9 heteroatoms. The van der Waals surface area contributed by atoms with Crippen LogP contribution in [0.3, 0.4) is 0 Å². The Labute approximate surface area is 199 Å². The van der Waals surface area contributed by atoms with Gasteiger partial charge < -0.3 is 9.30 Å².